The lowest BCUT2D eigenvalue weighted by Gasteiger charge is -2.08. The van der Waals surface area contributed by atoms with Gasteiger partial charge in [0.05, 0.1) is 11.3 Å². The molecule has 3 N–H and O–H groups in total. The van der Waals surface area contributed by atoms with Crippen LogP contribution in [0.25, 0.3) is 0 Å². The Hall–Kier alpha value is -2.57. The van der Waals surface area contributed by atoms with Gasteiger partial charge in [0, 0.05) is 17.8 Å². The first-order chi connectivity index (χ1) is 9.38. The Morgan fingerprint density at radius 1 is 1.00 bits per heavy atom. The normalized spacial score (nSPS) is 10.4. The molecule has 0 aliphatic rings. The highest BCUT2D eigenvalue weighted by Crippen LogP contribution is 2.21. The number of halogens is 4. The maximum Gasteiger partial charge on any atom is 0.258 e. The summed E-state index contributed by atoms with van der Waals surface area (Å²) in [6.45, 7) is 0. The summed E-state index contributed by atoms with van der Waals surface area (Å²) in [6.07, 6.45) is 0. The van der Waals surface area contributed by atoms with Gasteiger partial charge in [0.1, 0.15) is 11.6 Å². The number of nitrogens with two attached hydrogens (primary N) is 1. The van der Waals surface area contributed by atoms with Crippen LogP contribution in [0.2, 0.25) is 0 Å². The number of hydrogen-bond acceptors (Lipinski definition) is 2. The van der Waals surface area contributed by atoms with E-state index in [0.717, 1.165) is 12.1 Å². The fourth-order valence-electron chi connectivity index (χ4n) is 1.55. The van der Waals surface area contributed by atoms with Gasteiger partial charge in [-0.1, -0.05) is 0 Å². The Morgan fingerprint density at radius 2 is 1.70 bits per heavy atom. The van der Waals surface area contributed by atoms with Gasteiger partial charge in [0.15, 0.2) is 11.6 Å². The molecule has 0 radical (unpaired) electrons. The minimum atomic E-state index is -1.46. The third kappa shape index (κ3) is 2.71. The molecule has 1 amide bonds. The molecule has 20 heavy (non-hydrogen) atoms. The summed E-state index contributed by atoms with van der Waals surface area (Å²) in [4.78, 5) is 11.7. The molecule has 3 nitrogen and oxygen atoms in total. The molecule has 0 heterocycles. The summed E-state index contributed by atoms with van der Waals surface area (Å²) in [7, 11) is 0. The van der Waals surface area contributed by atoms with E-state index in [0.29, 0.717) is 12.1 Å². The monoisotopic (exact) mass is 284 g/mol. The molecule has 0 saturated heterocycles. The van der Waals surface area contributed by atoms with Crippen LogP contribution in [0.15, 0.2) is 30.3 Å². The van der Waals surface area contributed by atoms with Gasteiger partial charge in [-0.15, -0.1) is 0 Å². The number of rotatable bonds is 2. The number of benzene rings is 2. The van der Waals surface area contributed by atoms with Crippen LogP contribution < -0.4 is 11.1 Å². The Labute approximate surface area is 111 Å². The second-order valence-corrected chi connectivity index (χ2v) is 3.94. The first-order valence-corrected chi connectivity index (χ1v) is 5.39. The molecular formula is C13H8F4N2O. The molecule has 0 spiro atoms. The number of carbonyl (C=O) groups is 1. The number of nitrogen functional groups attached to an aromatic ring is 1. The molecule has 2 rings (SSSR count). The van der Waals surface area contributed by atoms with Gasteiger partial charge in [-0.3, -0.25) is 4.79 Å². The fraction of sp³-hybridized carbons (Fsp3) is 0. The summed E-state index contributed by atoms with van der Waals surface area (Å²) in [5.74, 6) is -5.95. The zero-order valence-corrected chi connectivity index (χ0v) is 9.88. The van der Waals surface area contributed by atoms with Crippen molar-refractivity contribution in [2.75, 3.05) is 11.1 Å². The van der Waals surface area contributed by atoms with E-state index in [2.05, 4.69) is 0 Å². The van der Waals surface area contributed by atoms with Gasteiger partial charge in [-0.2, -0.15) is 0 Å². The van der Waals surface area contributed by atoms with Crippen molar-refractivity contribution < 1.29 is 22.4 Å². The molecule has 0 saturated carbocycles. The maximum absolute atomic E-state index is 13.5. The van der Waals surface area contributed by atoms with Gasteiger partial charge in [-0.05, 0) is 18.2 Å². The van der Waals surface area contributed by atoms with Gasteiger partial charge in [-0.25, -0.2) is 17.6 Å². The molecule has 7 heteroatoms. The molecule has 104 valence electrons. The number of carbonyl (C=O) groups excluding carboxylic acids is 1. The molecule has 0 unspecified atom stereocenters. The number of amides is 1. The standard InChI is InChI=1S/C13H8F4N2O/c14-6-3-10(16)12(17)11(4-6)19-13(20)8-2-1-7(18)5-9(8)15/h1-5H,18H2,(H,19,20). The smallest absolute Gasteiger partial charge is 0.258 e. The van der Waals surface area contributed by atoms with E-state index >= 15 is 0 Å². The molecule has 0 fully saturated rings. The predicted octanol–water partition coefficient (Wildman–Crippen LogP) is 3.08. The molecule has 0 aliphatic heterocycles. The van der Waals surface area contributed by atoms with E-state index in [1.807, 2.05) is 5.32 Å². The van der Waals surface area contributed by atoms with E-state index in [4.69, 9.17) is 5.73 Å². The SMILES string of the molecule is Nc1ccc(C(=O)Nc2cc(F)cc(F)c2F)c(F)c1. The van der Waals surface area contributed by atoms with Crippen LogP contribution in [0.5, 0.6) is 0 Å². The number of hydrogen-bond donors (Lipinski definition) is 2. The van der Waals surface area contributed by atoms with Crippen molar-refractivity contribution in [2.45, 2.75) is 0 Å². The van der Waals surface area contributed by atoms with Crippen molar-refractivity contribution in [1.29, 1.82) is 0 Å². The summed E-state index contributed by atoms with van der Waals surface area (Å²) in [6, 6.07) is 4.16. The maximum atomic E-state index is 13.5. The van der Waals surface area contributed by atoms with Crippen LogP contribution in [0.3, 0.4) is 0 Å². The van der Waals surface area contributed by atoms with E-state index in [1.165, 1.54) is 6.07 Å². The van der Waals surface area contributed by atoms with Crippen LogP contribution in [0, 0.1) is 23.3 Å². The Balaban J connectivity index is 2.32. The zero-order chi connectivity index (χ0) is 14.9. The minimum Gasteiger partial charge on any atom is -0.399 e. The van der Waals surface area contributed by atoms with Crippen LogP contribution >= 0.6 is 0 Å². The van der Waals surface area contributed by atoms with Crippen molar-refractivity contribution in [3.63, 3.8) is 0 Å². The van der Waals surface area contributed by atoms with E-state index in [1.54, 1.807) is 0 Å². The highest BCUT2D eigenvalue weighted by Gasteiger charge is 2.17. The molecule has 0 aliphatic carbocycles. The van der Waals surface area contributed by atoms with Crippen molar-refractivity contribution >= 4 is 17.3 Å². The third-order valence-corrected chi connectivity index (χ3v) is 2.48. The van der Waals surface area contributed by atoms with Crippen molar-refractivity contribution in [3.05, 3.63) is 59.2 Å². The van der Waals surface area contributed by atoms with Crippen molar-refractivity contribution in [3.8, 4) is 0 Å². The summed E-state index contributed by atoms with van der Waals surface area (Å²) in [5.41, 5.74) is 4.27. The fourth-order valence-corrected chi connectivity index (χ4v) is 1.55. The average Bonchev–Trinajstić information content (AvgIpc) is 2.35. The second kappa shape index (κ2) is 5.20. The third-order valence-electron chi connectivity index (χ3n) is 2.48. The lowest BCUT2D eigenvalue weighted by atomic mass is 10.1. The van der Waals surface area contributed by atoms with Crippen LogP contribution in [0.1, 0.15) is 10.4 Å². The van der Waals surface area contributed by atoms with E-state index in [9.17, 15) is 22.4 Å². The second-order valence-electron chi connectivity index (χ2n) is 3.94. The first kappa shape index (κ1) is 13.9. The zero-order valence-electron chi connectivity index (χ0n) is 9.88. The quantitative estimate of drug-likeness (QED) is 0.506. The average molecular weight is 284 g/mol. The summed E-state index contributed by atoms with van der Waals surface area (Å²) < 4.78 is 52.7. The first-order valence-electron chi connectivity index (χ1n) is 5.39. The topological polar surface area (TPSA) is 55.1 Å². The van der Waals surface area contributed by atoms with Crippen LogP contribution in [-0.2, 0) is 0 Å². The molecule has 0 atom stereocenters. The highest BCUT2D eigenvalue weighted by molar-refractivity contribution is 6.04. The Kier molecular flexibility index (Phi) is 3.60. The molecule has 0 bridgehead atoms. The minimum absolute atomic E-state index is 0.0991. The molecule has 0 aromatic heterocycles. The van der Waals surface area contributed by atoms with E-state index < -0.39 is 40.4 Å². The highest BCUT2D eigenvalue weighted by atomic mass is 19.2. The molecule has 2 aromatic rings. The predicted molar refractivity (Wildman–Crippen MR) is 65.1 cm³/mol. The Morgan fingerprint density at radius 3 is 2.35 bits per heavy atom. The van der Waals surface area contributed by atoms with E-state index in [-0.39, 0.29) is 5.69 Å². The largest absolute Gasteiger partial charge is 0.399 e. The van der Waals surface area contributed by atoms with Crippen LogP contribution in [-0.4, -0.2) is 5.91 Å². The lowest BCUT2D eigenvalue weighted by Crippen LogP contribution is -2.15. The van der Waals surface area contributed by atoms with Gasteiger partial charge in [0.25, 0.3) is 5.91 Å². The Bertz CT molecular complexity index is 688. The summed E-state index contributed by atoms with van der Waals surface area (Å²) in [5, 5.41) is 1.89. The number of nitrogens with one attached hydrogen (secondary N) is 1. The number of anilines is 2. The lowest BCUT2D eigenvalue weighted by molar-refractivity contribution is 0.102. The molecular weight excluding hydrogens is 276 g/mol. The van der Waals surface area contributed by atoms with Crippen molar-refractivity contribution in [1.82, 2.24) is 0 Å². The van der Waals surface area contributed by atoms with Crippen LogP contribution in [0.4, 0.5) is 28.9 Å². The van der Waals surface area contributed by atoms with Crippen molar-refractivity contribution in [2.24, 2.45) is 0 Å². The molecule has 2 aromatic carbocycles. The van der Waals surface area contributed by atoms with Gasteiger partial charge >= 0.3 is 0 Å². The van der Waals surface area contributed by atoms with Gasteiger partial charge < -0.3 is 11.1 Å². The summed E-state index contributed by atoms with van der Waals surface area (Å²) >= 11 is 0. The van der Waals surface area contributed by atoms with Gasteiger partial charge in [0.2, 0.25) is 0 Å².